The number of anilines is 1. The molecule has 1 aromatic heterocycles. The number of rotatable bonds is 6. The minimum atomic E-state index is -0.489. The number of thiocarbonyl (C=S) groups is 1. The largest absolute Gasteiger partial charge is 0.467 e. The Morgan fingerprint density at radius 1 is 1.32 bits per heavy atom. The van der Waals surface area contributed by atoms with Gasteiger partial charge in [-0.2, -0.15) is 0 Å². The van der Waals surface area contributed by atoms with Gasteiger partial charge in [-0.05, 0) is 36.2 Å². The van der Waals surface area contributed by atoms with E-state index in [9.17, 15) is 9.59 Å². The molecule has 1 aromatic carbocycles. The van der Waals surface area contributed by atoms with E-state index >= 15 is 0 Å². The summed E-state index contributed by atoms with van der Waals surface area (Å²) < 4.78 is 5.74. The first kappa shape index (κ1) is 17.7. The fourth-order valence-corrected chi connectivity index (χ4v) is 4.02. The second-order valence-corrected chi connectivity index (χ2v) is 7.52. The van der Waals surface area contributed by atoms with Crippen LogP contribution in [-0.4, -0.2) is 26.3 Å². The van der Waals surface area contributed by atoms with Gasteiger partial charge in [0.2, 0.25) is 11.8 Å². The van der Waals surface area contributed by atoms with Crippen molar-refractivity contribution in [3.8, 4) is 0 Å². The molecule has 1 aliphatic rings. The Morgan fingerprint density at radius 2 is 2.08 bits per heavy atom. The van der Waals surface area contributed by atoms with Gasteiger partial charge in [0, 0.05) is 12.1 Å². The average Bonchev–Trinajstić information content (AvgIpc) is 3.20. The number of amides is 2. The third-order valence-electron chi connectivity index (χ3n) is 3.92. The molecule has 1 unspecified atom stereocenters. The van der Waals surface area contributed by atoms with Gasteiger partial charge in [-0.25, -0.2) is 0 Å². The lowest BCUT2D eigenvalue weighted by atomic mass is 10.1. The molecule has 5 nitrogen and oxygen atoms in total. The van der Waals surface area contributed by atoms with Crippen LogP contribution < -0.4 is 5.32 Å². The van der Waals surface area contributed by atoms with E-state index in [0.29, 0.717) is 16.6 Å². The maximum absolute atomic E-state index is 12.5. The molecule has 7 heteroatoms. The summed E-state index contributed by atoms with van der Waals surface area (Å²) in [6, 6.07) is 11.3. The summed E-state index contributed by atoms with van der Waals surface area (Å²) in [4.78, 5) is 26.2. The molecule has 0 aliphatic carbocycles. The number of carbonyl (C=O) groups excluding carboxylic acids is 2. The lowest BCUT2D eigenvalue weighted by Gasteiger charge is -2.13. The Bertz CT molecular complexity index is 772. The second kappa shape index (κ2) is 7.84. The molecule has 1 N–H and O–H groups in total. The normalized spacial score (nSPS) is 17.2. The number of hydrogen-bond acceptors (Lipinski definition) is 5. The van der Waals surface area contributed by atoms with Crippen LogP contribution in [0.5, 0.6) is 0 Å². The summed E-state index contributed by atoms with van der Waals surface area (Å²) in [6.45, 7) is 2.38. The molecule has 0 spiro atoms. The minimum Gasteiger partial charge on any atom is -0.467 e. The van der Waals surface area contributed by atoms with Crippen molar-refractivity contribution in [2.75, 3.05) is 5.32 Å². The van der Waals surface area contributed by atoms with Gasteiger partial charge in [0.05, 0.1) is 18.1 Å². The van der Waals surface area contributed by atoms with Crippen LogP contribution in [-0.2, 0) is 22.6 Å². The predicted molar refractivity (Wildman–Crippen MR) is 102 cm³/mol. The van der Waals surface area contributed by atoms with Gasteiger partial charge < -0.3 is 9.73 Å². The average molecular weight is 374 g/mol. The van der Waals surface area contributed by atoms with E-state index in [2.05, 4.69) is 12.2 Å². The Balaban J connectivity index is 1.57. The molecule has 1 fully saturated rings. The van der Waals surface area contributed by atoms with Crippen LogP contribution in [0.3, 0.4) is 0 Å². The third kappa shape index (κ3) is 4.29. The number of furan rings is 1. The first-order chi connectivity index (χ1) is 12.1. The monoisotopic (exact) mass is 374 g/mol. The number of benzene rings is 1. The van der Waals surface area contributed by atoms with Crippen molar-refractivity contribution in [2.24, 2.45) is 0 Å². The van der Waals surface area contributed by atoms with Gasteiger partial charge in [0.25, 0.3) is 0 Å². The van der Waals surface area contributed by atoms with Crippen LogP contribution in [0.4, 0.5) is 5.69 Å². The number of thioether (sulfide) groups is 1. The van der Waals surface area contributed by atoms with Crippen molar-refractivity contribution >= 4 is 45.8 Å². The van der Waals surface area contributed by atoms with Crippen molar-refractivity contribution in [1.82, 2.24) is 4.90 Å². The highest BCUT2D eigenvalue weighted by Gasteiger charge is 2.38. The van der Waals surface area contributed by atoms with Crippen LogP contribution in [0.15, 0.2) is 47.1 Å². The zero-order chi connectivity index (χ0) is 17.8. The molecular formula is C18H18N2O3S2. The number of nitrogens with one attached hydrogen (secondary N) is 1. The van der Waals surface area contributed by atoms with Gasteiger partial charge in [0.15, 0.2) is 0 Å². The number of carbonyl (C=O) groups is 2. The van der Waals surface area contributed by atoms with Crippen LogP contribution in [0.2, 0.25) is 0 Å². The standard InChI is InChI=1S/C18H18N2O3S2/c1-2-12-5-7-13(8-6-12)19-16(21)10-15-17(22)20(18(24)25-15)11-14-4-3-9-23-14/h3-9,15H,2,10-11H2,1H3,(H,19,21). The SMILES string of the molecule is CCc1ccc(NC(=O)CC2SC(=S)N(Cc3ccco3)C2=O)cc1. The highest BCUT2D eigenvalue weighted by Crippen LogP contribution is 2.31. The van der Waals surface area contributed by atoms with Gasteiger partial charge in [-0.1, -0.05) is 43.0 Å². The fraction of sp³-hybridized carbons (Fsp3) is 0.278. The summed E-state index contributed by atoms with van der Waals surface area (Å²) in [5, 5.41) is 2.34. The van der Waals surface area contributed by atoms with Crippen molar-refractivity contribution in [3.05, 3.63) is 54.0 Å². The van der Waals surface area contributed by atoms with E-state index in [1.54, 1.807) is 18.4 Å². The molecular weight excluding hydrogens is 356 g/mol. The van der Waals surface area contributed by atoms with Crippen molar-refractivity contribution in [3.63, 3.8) is 0 Å². The van der Waals surface area contributed by atoms with Crippen LogP contribution >= 0.6 is 24.0 Å². The van der Waals surface area contributed by atoms with E-state index in [-0.39, 0.29) is 18.2 Å². The molecule has 130 valence electrons. The minimum absolute atomic E-state index is 0.0911. The van der Waals surface area contributed by atoms with E-state index in [0.717, 1.165) is 12.1 Å². The summed E-state index contributed by atoms with van der Waals surface area (Å²) in [7, 11) is 0. The van der Waals surface area contributed by atoms with Crippen molar-refractivity contribution in [1.29, 1.82) is 0 Å². The summed E-state index contributed by atoms with van der Waals surface area (Å²) >= 11 is 6.53. The highest BCUT2D eigenvalue weighted by molar-refractivity contribution is 8.24. The fourth-order valence-electron chi connectivity index (χ4n) is 2.53. The van der Waals surface area contributed by atoms with Crippen LogP contribution in [0.1, 0.15) is 24.7 Å². The first-order valence-electron chi connectivity index (χ1n) is 8.00. The van der Waals surface area contributed by atoms with Crippen LogP contribution in [0.25, 0.3) is 0 Å². The molecule has 1 saturated heterocycles. The number of hydrogen-bond donors (Lipinski definition) is 1. The van der Waals surface area contributed by atoms with E-state index in [4.69, 9.17) is 16.6 Å². The molecule has 3 rings (SSSR count). The zero-order valence-corrected chi connectivity index (χ0v) is 15.4. The Labute approximate surface area is 155 Å². The lowest BCUT2D eigenvalue weighted by molar-refractivity contribution is -0.128. The van der Waals surface area contributed by atoms with Gasteiger partial charge >= 0.3 is 0 Å². The molecule has 2 aromatic rings. The van der Waals surface area contributed by atoms with Gasteiger partial charge in [-0.3, -0.25) is 14.5 Å². The maximum atomic E-state index is 12.5. The Morgan fingerprint density at radius 3 is 2.72 bits per heavy atom. The molecule has 1 aliphatic heterocycles. The Hall–Kier alpha value is -2.12. The highest BCUT2D eigenvalue weighted by atomic mass is 32.2. The van der Waals surface area contributed by atoms with Gasteiger partial charge in [-0.15, -0.1) is 0 Å². The third-order valence-corrected chi connectivity index (χ3v) is 5.50. The molecule has 0 radical (unpaired) electrons. The predicted octanol–water partition coefficient (Wildman–Crippen LogP) is 3.60. The number of aryl methyl sites for hydroxylation is 1. The topological polar surface area (TPSA) is 62.6 Å². The first-order valence-corrected chi connectivity index (χ1v) is 9.28. The Kier molecular flexibility index (Phi) is 5.55. The van der Waals surface area contributed by atoms with Crippen molar-refractivity contribution in [2.45, 2.75) is 31.6 Å². The zero-order valence-electron chi connectivity index (χ0n) is 13.7. The molecule has 2 amide bonds. The van der Waals surface area contributed by atoms with Crippen molar-refractivity contribution < 1.29 is 14.0 Å². The molecule has 0 bridgehead atoms. The maximum Gasteiger partial charge on any atom is 0.242 e. The lowest BCUT2D eigenvalue weighted by Crippen LogP contribution is -2.32. The quantitative estimate of drug-likeness (QED) is 0.783. The molecule has 1 atom stereocenters. The molecule has 25 heavy (non-hydrogen) atoms. The summed E-state index contributed by atoms with van der Waals surface area (Å²) in [5.74, 6) is 0.318. The van der Waals surface area contributed by atoms with E-state index in [1.807, 2.05) is 24.3 Å². The number of nitrogens with zero attached hydrogens (tertiary/aromatic N) is 1. The summed E-state index contributed by atoms with van der Waals surface area (Å²) in [5.41, 5.74) is 1.94. The smallest absolute Gasteiger partial charge is 0.242 e. The second-order valence-electron chi connectivity index (χ2n) is 5.68. The molecule has 0 saturated carbocycles. The van der Waals surface area contributed by atoms with Gasteiger partial charge in [0.1, 0.15) is 10.1 Å². The van der Waals surface area contributed by atoms with E-state index in [1.165, 1.54) is 22.2 Å². The van der Waals surface area contributed by atoms with Crippen LogP contribution in [0, 0.1) is 0 Å². The van der Waals surface area contributed by atoms with E-state index < -0.39 is 5.25 Å². The molecule has 2 heterocycles. The summed E-state index contributed by atoms with van der Waals surface area (Å²) in [6.07, 6.45) is 2.60.